The van der Waals surface area contributed by atoms with Gasteiger partial charge in [-0.15, -0.1) is 0 Å². The van der Waals surface area contributed by atoms with Gasteiger partial charge in [-0.3, -0.25) is 0 Å². The first-order chi connectivity index (χ1) is 10.0. The Hall–Kier alpha value is -0.800. The van der Waals surface area contributed by atoms with Gasteiger partial charge in [0.2, 0.25) is 0 Å². The molecule has 0 amide bonds. The molecule has 5 heteroatoms. The van der Waals surface area contributed by atoms with Gasteiger partial charge >= 0.3 is 0 Å². The van der Waals surface area contributed by atoms with Crippen LogP contribution >= 0.6 is 45.8 Å². The molecule has 1 heterocycles. The van der Waals surface area contributed by atoms with E-state index in [0.29, 0.717) is 21.3 Å². The van der Waals surface area contributed by atoms with E-state index in [-0.39, 0.29) is 5.92 Å². The van der Waals surface area contributed by atoms with Crippen LogP contribution in [-0.4, -0.2) is 10.1 Å². The first kappa shape index (κ1) is 16.6. The maximum absolute atomic E-state index is 10.6. The number of halogens is 3. The van der Waals surface area contributed by atoms with Crippen molar-refractivity contribution < 1.29 is 5.11 Å². The van der Waals surface area contributed by atoms with Crippen LogP contribution in [0.1, 0.15) is 35.8 Å². The fraction of sp³-hybridized carbons (Fsp3) is 0.188. The molecule has 0 aliphatic rings. The van der Waals surface area contributed by atoms with E-state index in [1.807, 2.05) is 41.6 Å². The number of nitrogens with zero attached hydrogens (tertiary/aromatic N) is 1. The van der Waals surface area contributed by atoms with Crippen LogP contribution in [0.4, 0.5) is 0 Å². The monoisotopic (exact) mass is 431 g/mol. The van der Waals surface area contributed by atoms with Crippen LogP contribution < -0.4 is 0 Å². The minimum Gasteiger partial charge on any atom is -0.388 e. The van der Waals surface area contributed by atoms with Crippen LogP contribution in [0.3, 0.4) is 0 Å². The van der Waals surface area contributed by atoms with E-state index in [1.54, 1.807) is 24.4 Å². The molecule has 2 aromatic rings. The van der Waals surface area contributed by atoms with Gasteiger partial charge in [0.25, 0.3) is 0 Å². The first-order valence-corrected chi connectivity index (χ1v) is 8.07. The number of rotatable bonds is 3. The van der Waals surface area contributed by atoms with E-state index in [4.69, 9.17) is 23.2 Å². The summed E-state index contributed by atoms with van der Waals surface area (Å²) in [5, 5.41) is 11.8. The quantitative estimate of drug-likeness (QED) is 0.549. The lowest BCUT2D eigenvalue weighted by Gasteiger charge is -2.21. The van der Waals surface area contributed by atoms with Gasteiger partial charge in [-0.25, -0.2) is 4.98 Å². The molecule has 1 N–H and O–H groups in total. The van der Waals surface area contributed by atoms with Crippen molar-refractivity contribution in [1.29, 1.82) is 0 Å². The Bertz CT molecular complexity index is 709. The Labute approximate surface area is 147 Å². The van der Waals surface area contributed by atoms with E-state index in [2.05, 4.69) is 14.8 Å². The second kappa shape index (κ2) is 7.46. The number of aliphatic hydroxyl groups is 1. The van der Waals surface area contributed by atoms with Gasteiger partial charge in [0.15, 0.2) is 0 Å². The summed E-state index contributed by atoms with van der Waals surface area (Å²) in [5.41, 5.74) is 2.11. The number of hydrogen-bond donors (Lipinski definition) is 1. The first-order valence-electron chi connectivity index (χ1n) is 6.24. The smallest absolute Gasteiger partial charge is 0.119 e. The molecule has 1 aromatic carbocycles. The van der Waals surface area contributed by atoms with Gasteiger partial charge < -0.3 is 5.11 Å². The van der Waals surface area contributed by atoms with Crippen molar-refractivity contribution in [3.05, 3.63) is 63.4 Å². The van der Waals surface area contributed by atoms with Crippen molar-refractivity contribution in [2.45, 2.75) is 18.9 Å². The fourth-order valence-corrected chi connectivity index (χ4v) is 2.95. The predicted molar refractivity (Wildman–Crippen MR) is 95.0 cm³/mol. The second-order valence-corrected chi connectivity index (χ2v) is 5.94. The van der Waals surface area contributed by atoms with Crippen LogP contribution in [-0.2, 0) is 0 Å². The van der Waals surface area contributed by atoms with Gasteiger partial charge in [0.05, 0.1) is 6.10 Å². The molecule has 0 bridgehead atoms. The number of aromatic nitrogens is 1. The summed E-state index contributed by atoms with van der Waals surface area (Å²) in [6.45, 7) is 1.91. The number of hydrogen-bond acceptors (Lipinski definition) is 2. The minimum atomic E-state index is -0.746. The summed E-state index contributed by atoms with van der Waals surface area (Å²) in [6.07, 6.45) is 0.913. The minimum absolute atomic E-state index is 0.200. The molecule has 2 rings (SSSR count). The highest BCUT2D eigenvalue weighted by Gasteiger charge is 2.22. The summed E-state index contributed by atoms with van der Waals surface area (Å²) in [5.74, 6) is 2.70. The van der Waals surface area contributed by atoms with Gasteiger partial charge in [0.1, 0.15) is 5.69 Å². The molecule has 1 aromatic heterocycles. The third-order valence-corrected chi connectivity index (χ3v) is 4.08. The normalized spacial score (nSPS) is 13.2. The molecule has 2 unspecified atom stereocenters. The average molecular weight is 432 g/mol. The lowest BCUT2D eigenvalue weighted by Crippen LogP contribution is -2.10. The summed E-state index contributed by atoms with van der Waals surface area (Å²) in [7, 11) is 0. The molecule has 0 spiro atoms. The van der Waals surface area contributed by atoms with Crippen LogP contribution in [0.15, 0.2) is 36.5 Å². The van der Waals surface area contributed by atoms with E-state index >= 15 is 0 Å². The highest BCUT2D eigenvalue weighted by Crippen LogP contribution is 2.36. The molecule has 0 fully saturated rings. The molecular formula is C16H12Cl2INO. The zero-order chi connectivity index (χ0) is 15.4. The summed E-state index contributed by atoms with van der Waals surface area (Å²) < 4.78 is 2.78. The zero-order valence-electron chi connectivity index (χ0n) is 11.1. The van der Waals surface area contributed by atoms with Crippen molar-refractivity contribution in [1.82, 2.24) is 4.98 Å². The Kier molecular flexibility index (Phi) is 5.88. The van der Waals surface area contributed by atoms with Crippen molar-refractivity contribution in [3.8, 4) is 9.85 Å². The van der Waals surface area contributed by atoms with Crippen LogP contribution in [0, 0.1) is 9.85 Å². The maximum Gasteiger partial charge on any atom is 0.119 e. The van der Waals surface area contributed by atoms with Crippen molar-refractivity contribution >= 4 is 45.8 Å². The van der Waals surface area contributed by atoms with E-state index in [1.165, 1.54) is 0 Å². The zero-order valence-corrected chi connectivity index (χ0v) is 14.8. The molecule has 2 nitrogen and oxygen atoms in total. The maximum atomic E-state index is 10.6. The summed E-state index contributed by atoms with van der Waals surface area (Å²) >= 11 is 14.1. The Morgan fingerprint density at radius 2 is 2.00 bits per heavy atom. The second-order valence-electron chi connectivity index (χ2n) is 4.56. The molecule has 0 radical (unpaired) electrons. The van der Waals surface area contributed by atoms with Crippen molar-refractivity contribution in [3.63, 3.8) is 0 Å². The van der Waals surface area contributed by atoms with E-state index in [0.717, 1.165) is 5.56 Å². The number of benzene rings is 1. The molecule has 0 aliphatic carbocycles. The van der Waals surface area contributed by atoms with Crippen LogP contribution in [0.5, 0.6) is 0 Å². The average Bonchev–Trinajstić information content (AvgIpc) is 2.47. The molecule has 0 saturated heterocycles. The highest BCUT2D eigenvalue weighted by molar-refractivity contribution is 14.1. The summed E-state index contributed by atoms with van der Waals surface area (Å²) in [4.78, 5) is 4.21. The van der Waals surface area contributed by atoms with Crippen molar-refractivity contribution in [2.24, 2.45) is 0 Å². The molecule has 2 atom stereocenters. The molecule has 21 heavy (non-hydrogen) atoms. The summed E-state index contributed by atoms with van der Waals surface area (Å²) in [6, 6.07) is 8.89. The SMILES string of the molecule is CC(c1ccc(Cl)cc1Cl)C(O)c1cccnc1C#CI. The molecule has 0 saturated carbocycles. The third kappa shape index (κ3) is 3.89. The van der Waals surface area contributed by atoms with Gasteiger partial charge in [0, 0.05) is 50.3 Å². The van der Waals surface area contributed by atoms with E-state index < -0.39 is 6.10 Å². The van der Waals surface area contributed by atoms with Gasteiger partial charge in [-0.2, -0.15) is 0 Å². The number of pyridine rings is 1. The number of aliphatic hydroxyl groups excluding tert-OH is 1. The Balaban J connectivity index is 2.39. The molecular weight excluding hydrogens is 420 g/mol. The van der Waals surface area contributed by atoms with Crippen molar-refractivity contribution in [2.75, 3.05) is 0 Å². The highest BCUT2D eigenvalue weighted by atomic mass is 127. The molecule has 108 valence electrons. The Morgan fingerprint density at radius 3 is 2.67 bits per heavy atom. The lowest BCUT2D eigenvalue weighted by molar-refractivity contribution is 0.151. The third-order valence-electron chi connectivity index (χ3n) is 3.25. The fourth-order valence-electron chi connectivity index (χ4n) is 2.12. The lowest BCUT2D eigenvalue weighted by atomic mass is 9.90. The largest absolute Gasteiger partial charge is 0.388 e. The topological polar surface area (TPSA) is 33.1 Å². The van der Waals surface area contributed by atoms with Crippen LogP contribution in [0.2, 0.25) is 10.0 Å². The predicted octanol–water partition coefficient (Wildman–Crippen LogP) is 4.97. The molecule has 0 aliphatic heterocycles. The van der Waals surface area contributed by atoms with Gasteiger partial charge in [-0.1, -0.05) is 42.3 Å². The van der Waals surface area contributed by atoms with Gasteiger partial charge in [-0.05, 0) is 33.6 Å². The standard InChI is InChI=1S/C16H12Cl2INO/c1-10(12-5-4-11(17)9-14(12)18)16(21)13-3-2-8-20-15(13)6-7-19/h2-5,8-10,16,21H,1H3. The Morgan fingerprint density at radius 1 is 1.24 bits per heavy atom. The van der Waals surface area contributed by atoms with Crippen LogP contribution in [0.25, 0.3) is 0 Å². The van der Waals surface area contributed by atoms with E-state index in [9.17, 15) is 5.11 Å².